The van der Waals surface area contributed by atoms with Gasteiger partial charge in [0.15, 0.2) is 5.82 Å². The molecule has 1 fully saturated rings. The third kappa shape index (κ3) is 4.82. The van der Waals surface area contributed by atoms with Gasteiger partial charge in [-0.1, -0.05) is 18.1 Å². The van der Waals surface area contributed by atoms with Gasteiger partial charge in [0.1, 0.15) is 0 Å². The molecule has 2 heterocycles. The average molecular weight is 433 g/mol. The molecule has 2 N–H and O–H groups in total. The molecule has 2 aromatic rings. The van der Waals surface area contributed by atoms with Crippen molar-refractivity contribution in [2.45, 2.75) is 50.7 Å². The normalized spacial score (nSPS) is 19.8. The highest BCUT2D eigenvalue weighted by molar-refractivity contribution is 6.20. The van der Waals surface area contributed by atoms with E-state index >= 15 is 0 Å². The number of anilines is 3. The maximum absolute atomic E-state index is 13.1. The van der Waals surface area contributed by atoms with E-state index in [-0.39, 0.29) is 12.0 Å². The van der Waals surface area contributed by atoms with Gasteiger partial charge in [-0.05, 0) is 75.9 Å². The van der Waals surface area contributed by atoms with Crippen molar-refractivity contribution in [2.24, 2.45) is 0 Å². The zero-order chi connectivity index (χ0) is 22.5. The van der Waals surface area contributed by atoms with Crippen molar-refractivity contribution in [3.63, 3.8) is 0 Å². The molecule has 2 amide bonds. The number of unbranched alkanes of at least 4 members (excludes halogenated alkanes) is 1. The van der Waals surface area contributed by atoms with Crippen LogP contribution in [0.5, 0.6) is 0 Å². The van der Waals surface area contributed by atoms with Crippen LogP contribution in [0.15, 0.2) is 42.6 Å². The predicted molar refractivity (Wildman–Crippen MR) is 124 cm³/mol. The smallest absolute Gasteiger partial charge is 0.308 e. The van der Waals surface area contributed by atoms with E-state index in [0.29, 0.717) is 35.2 Å². The number of pyridine rings is 1. The van der Waals surface area contributed by atoms with Gasteiger partial charge in [0.05, 0.1) is 23.0 Å². The lowest BCUT2D eigenvalue weighted by Gasteiger charge is -2.32. The Labute approximate surface area is 188 Å². The van der Waals surface area contributed by atoms with Crippen LogP contribution in [-0.4, -0.2) is 52.5 Å². The monoisotopic (exact) mass is 432 g/mol. The molecule has 0 saturated heterocycles. The number of carbonyl (C=O) groups excluding carboxylic acids is 2. The van der Waals surface area contributed by atoms with E-state index < -0.39 is 5.91 Å². The molecule has 7 heteroatoms. The molecule has 7 nitrogen and oxygen atoms in total. The summed E-state index contributed by atoms with van der Waals surface area (Å²) < 4.78 is 0. The largest absolute Gasteiger partial charge is 0.393 e. The summed E-state index contributed by atoms with van der Waals surface area (Å²) in [6.07, 6.45) is 6.69. The van der Waals surface area contributed by atoms with Gasteiger partial charge in [0, 0.05) is 18.7 Å². The summed E-state index contributed by atoms with van der Waals surface area (Å²) >= 11 is 0. The number of amides is 2. The van der Waals surface area contributed by atoms with Gasteiger partial charge < -0.3 is 15.3 Å². The van der Waals surface area contributed by atoms with Gasteiger partial charge in [-0.15, -0.1) is 0 Å². The van der Waals surface area contributed by atoms with Crippen LogP contribution >= 0.6 is 0 Å². The highest BCUT2D eigenvalue weighted by Crippen LogP contribution is 2.36. The Hall–Kier alpha value is -3.21. The molecular formula is C25H28N4O3. The number of hydrogen-bond donors (Lipinski definition) is 2. The van der Waals surface area contributed by atoms with Gasteiger partial charge in [0.2, 0.25) is 0 Å². The van der Waals surface area contributed by atoms with Gasteiger partial charge >= 0.3 is 5.91 Å². The number of hydrogen-bond acceptors (Lipinski definition) is 5. The number of fused-ring (bicyclic) bond motifs is 2. The van der Waals surface area contributed by atoms with E-state index in [1.807, 2.05) is 0 Å². The van der Waals surface area contributed by atoms with Gasteiger partial charge in [-0.25, -0.2) is 4.98 Å². The van der Waals surface area contributed by atoms with E-state index in [1.165, 1.54) is 4.90 Å². The van der Waals surface area contributed by atoms with Crippen LogP contribution in [-0.2, 0) is 4.79 Å². The lowest BCUT2D eigenvalue weighted by atomic mass is 9.92. The molecule has 32 heavy (non-hydrogen) atoms. The summed E-state index contributed by atoms with van der Waals surface area (Å²) in [6, 6.07) is 10.9. The first-order valence-electron chi connectivity index (χ1n) is 11.1. The molecule has 0 spiro atoms. The Kier molecular flexibility index (Phi) is 6.84. The van der Waals surface area contributed by atoms with E-state index in [4.69, 9.17) is 0 Å². The first-order valence-corrected chi connectivity index (χ1v) is 11.1. The fourth-order valence-corrected chi connectivity index (χ4v) is 4.34. The van der Waals surface area contributed by atoms with Crippen molar-refractivity contribution in [2.75, 3.05) is 23.8 Å². The minimum atomic E-state index is -0.413. The maximum Gasteiger partial charge on any atom is 0.308 e. The SMILES string of the molecule is CN(CCCC#CC(=O)N1c2ccccc2C(=O)Nc2cccnc21)[C@H]1CC[C@H](O)CC1. The topological polar surface area (TPSA) is 85.8 Å². The van der Waals surface area contributed by atoms with E-state index in [0.717, 1.165) is 38.6 Å². The quantitative estimate of drug-likeness (QED) is 0.572. The Morgan fingerprint density at radius 1 is 1.22 bits per heavy atom. The fourth-order valence-electron chi connectivity index (χ4n) is 4.34. The standard InChI is InChI=1S/C25H28N4O3/c1-28(18-12-14-19(30)15-13-18)17-6-2-3-11-23(31)29-22-10-5-4-8-20(22)25(32)27-21-9-7-16-26-24(21)29/h4-5,7-10,16,18-19,30H,2,6,12-15,17H2,1H3,(H,27,32)/t18-,19-. The van der Waals surface area contributed by atoms with Crippen molar-refractivity contribution < 1.29 is 14.7 Å². The lowest BCUT2D eigenvalue weighted by molar-refractivity contribution is -0.112. The van der Waals surface area contributed by atoms with Crippen LogP contribution in [0.3, 0.4) is 0 Å². The van der Waals surface area contributed by atoms with Crippen molar-refractivity contribution >= 4 is 29.0 Å². The zero-order valence-corrected chi connectivity index (χ0v) is 18.3. The minimum absolute atomic E-state index is 0.147. The van der Waals surface area contributed by atoms with Crippen LogP contribution < -0.4 is 10.2 Å². The molecule has 1 aromatic heterocycles. The Morgan fingerprint density at radius 2 is 2.00 bits per heavy atom. The van der Waals surface area contributed by atoms with E-state index in [2.05, 4.69) is 34.1 Å². The van der Waals surface area contributed by atoms with Crippen LogP contribution in [0.25, 0.3) is 0 Å². The Balaban J connectivity index is 1.43. The van der Waals surface area contributed by atoms with Crippen molar-refractivity contribution in [1.82, 2.24) is 9.88 Å². The summed E-state index contributed by atoms with van der Waals surface area (Å²) in [5, 5.41) is 12.5. The van der Waals surface area contributed by atoms with E-state index in [1.54, 1.807) is 42.6 Å². The van der Waals surface area contributed by atoms with Crippen molar-refractivity contribution in [3.05, 3.63) is 48.2 Å². The number of nitrogens with one attached hydrogen (secondary N) is 1. The second-order valence-corrected chi connectivity index (χ2v) is 8.33. The zero-order valence-electron chi connectivity index (χ0n) is 18.3. The summed E-state index contributed by atoms with van der Waals surface area (Å²) in [6.45, 7) is 0.902. The highest BCUT2D eigenvalue weighted by Gasteiger charge is 2.29. The molecule has 0 atom stereocenters. The first-order chi connectivity index (χ1) is 15.5. The molecule has 1 aromatic carbocycles. The van der Waals surface area contributed by atoms with Gasteiger partial charge in [0.25, 0.3) is 5.91 Å². The molecule has 0 unspecified atom stereocenters. The van der Waals surface area contributed by atoms with Crippen LogP contribution in [0.2, 0.25) is 0 Å². The van der Waals surface area contributed by atoms with Gasteiger partial charge in [-0.3, -0.25) is 14.5 Å². The summed E-state index contributed by atoms with van der Waals surface area (Å²) in [5.41, 5.74) is 1.35. The molecule has 166 valence electrons. The molecule has 1 aliphatic heterocycles. The molecular weight excluding hydrogens is 404 g/mol. The molecule has 2 aliphatic rings. The Morgan fingerprint density at radius 3 is 2.81 bits per heavy atom. The van der Waals surface area contributed by atoms with Crippen LogP contribution in [0, 0.1) is 11.8 Å². The van der Waals surface area contributed by atoms with Crippen LogP contribution in [0.1, 0.15) is 48.9 Å². The fraction of sp³-hybridized carbons (Fsp3) is 0.400. The lowest BCUT2D eigenvalue weighted by Crippen LogP contribution is -2.36. The summed E-state index contributed by atoms with van der Waals surface area (Å²) in [5.74, 6) is 5.41. The number of benzene rings is 1. The maximum atomic E-state index is 13.1. The minimum Gasteiger partial charge on any atom is -0.393 e. The number of rotatable bonds is 4. The number of nitrogens with zero attached hydrogens (tertiary/aromatic N) is 3. The number of aliphatic hydroxyl groups excluding tert-OH is 1. The molecule has 1 aliphatic carbocycles. The summed E-state index contributed by atoms with van der Waals surface area (Å²) in [7, 11) is 2.11. The van der Waals surface area contributed by atoms with Crippen molar-refractivity contribution in [3.8, 4) is 11.8 Å². The molecule has 0 radical (unpaired) electrons. The Bertz CT molecular complexity index is 1050. The highest BCUT2D eigenvalue weighted by atomic mass is 16.3. The van der Waals surface area contributed by atoms with E-state index in [9.17, 15) is 14.7 Å². The number of aromatic nitrogens is 1. The van der Waals surface area contributed by atoms with Gasteiger partial charge in [-0.2, -0.15) is 0 Å². The first kappa shape index (κ1) is 22.0. The third-order valence-electron chi connectivity index (χ3n) is 6.14. The number of aliphatic hydroxyl groups is 1. The van der Waals surface area contributed by atoms with Crippen LogP contribution in [0.4, 0.5) is 17.2 Å². The number of para-hydroxylation sites is 1. The van der Waals surface area contributed by atoms with Crippen molar-refractivity contribution in [1.29, 1.82) is 0 Å². The predicted octanol–water partition coefficient (Wildman–Crippen LogP) is 3.33. The second kappa shape index (κ2) is 9.94. The second-order valence-electron chi connectivity index (χ2n) is 8.33. The number of carbonyl (C=O) groups is 2. The molecule has 0 bridgehead atoms. The molecule has 4 rings (SSSR count). The average Bonchev–Trinajstić information content (AvgIpc) is 2.93. The molecule has 1 saturated carbocycles. The third-order valence-corrected chi connectivity index (χ3v) is 6.14. The summed E-state index contributed by atoms with van der Waals surface area (Å²) in [4.78, 5) is 33.8.